The van der Waals surface area contributed by atoms with Crippen molar-refractivity contribution in [3.05, 3.63) is 23.9 Å². The second-order valence-corrected chi connectivity index (χ2v) is 8.67. The highest BCUT2D eigenvalue weighted by molar-refractivity contribution is 7.80. The number of pyridine rings is 1. The highest BCUT2D eigenvalue weighted by atomic mass is 32.1. The molecule has 0 bridgehead atoms. The summed E-state index contributed by atoms with van der Waals surface area (Å²) in [5.74, 6) is 0.768. The fourth-order valence-corrected chi connectivity index (χ4v) is 4.04. The van der Waals surface area contributed by atoms with E-state index in [0.717, 1.165) is 24.2 Å². The first-order chi connectivity index (χ1) is 9.64. The highest BCUT2D eigenvalue weighted by Gasteiger charge is 2.43. The van der Waals surface area contributed by atoms with E-state index in [1.807, 2.05) is 0 Å². The van der Waals surface area contributed by atoms with E-state index in [1.165, 1.54) is 12.3 Å². The van der Waals surface area contributed by atoms with Crippen LogP contribution in [0.1, 0.15) is 18.4 Å². The Labute approximate surface area is 127 Å². The van der Waals surface area contributed by atoms with Crippen molar-refractivity contribution in [2.24, 2.45) is 0 Å². The van der Waals surface area contributed by atoms with Gasteiger partial charge in [-0.25, -0.2) is 4.98 Å². The summed E-state index contributed by atoms with van der Waals surface area (Å²) in [4.78, 5) is 40.0. The molecule has 120 valence electrons. The Morgan fingerprint density at radius 2 is 1.81 bits per heavy atom. The second-order valence-electron chi connectivity index (χ2n) is 4.43. The lowest BCUT2D eigenvalue weighted by atomic mass is 10.1. The number of thiol groups is 1. The quantitative estimate of drug-likeness (QED) is 0.233. The maximum Gasteiger partial charge on any atom is 0.360 e. The molecule has 1 aromatic rings. The number of nitrogens with zero attached hydrogens (tertiary/aromatic N) is 1. The number of hydrogen-bond donors (Lipinski definition) is 6. The van der Waals surface area contributed by atoms with Gasteiger partial charge in [0, 0.05) is 6.20 Å². The van der Waals surface area contributed by atoms with Crippen molar-refractivity contribution in [2.75, 3.05) is 11.1 Å². The molecule has 0 radical (unpaired) electrons. The Kier molecular flexibility index (Phi) is 6.87. The van der Waals surface area contributed by atoms with Crippen LogP contribution in [0.5, 0.6) is 0 Å². The van der Waals surface area contributed by atoms with Crippen LogP contribution in [0.3, 0.4) is 0 Å². The van der Waals surface area contributed by atoms with Crippen LogP contribution < -0.4 is 5.32 Å². The third kappa shape index (κ3) is 6.48. The molecule has 0 aliphatic rings. The van der Waals surface area contributed by atoms with Crippen LogP contribution in [-0.2, 0) is 15.6 Å². The van der Waals surface area contributed by atoms with Gasteiger partial charge in [-0.15, -0.1) is 0 Å². The Morgan fingerprint density at radius 1 is 1.19 bits per heavy atom. The molecule has 0 atom stereocenters. The van der Waals surface area contributed by atoms with Gasteiger partial charge in [-0.1, -0.05) is 0 Å². The number of unbranched alkanes of at least 4 members (excludes halogenated alkanes) is 1. The summed E-state index contributed by atoms with van der Waals surface area (Å²) in [5.41, 5.74) is -1.45. The Balaban J connectivity index is 2.88. The van der Waals surface area contributed by atoms with E-state index in [4.69, 9.17) is 19.6 Å². The van der Waals surface area contributed by atoms with Crippen LogP contribution in [0, 0.1) is 0 Å². The van der Waals surface area contributed by atoms with Gasteiger partial charge in [0.15, 0.2) is 0 Å². The predicted molar refractivity (Wildman–Crippen MR) is 82.5 cm³/mol. The van der Waals surface area contributed by atoms with Gasteiger partial charge < -0.3 is 24.9 Å². The van der Waals surface area contributed by atoms with Crippen LogP contribution in [0.2, 0.25) is 0 Å². The largest absolute Gasteiger partial charge is 0.360 e. The van der Waals surface area contributed by atoms with Crippen LogP contribution in [0.4, 0.5) is 5.82 Å². The summed E-state index contributed by atoms with van der Waals surface area (Å²) in [6, 6.07) is 3.24. The zero-order valence-electron chi connectivity index (χ0n) is 11.0. The molecule has 1 aromatic heterocycles. The summed E-state index contributed by atoms with van der Waals surface area (Å²) in [6.07, 6.45) is 3.93. The van der Waals surface area contributed by atoms with E-state index in [0.29, 0.717) is 6.42 Å². The number of rotatable bonds is 8. The van der Waals surface area contributed by atoms with E-state index >= 15 is 0 Å². The van der Waals surface area contributed by atoms with Crippen LogP contribution in [0.25, 0.3) is 0 Å². The van der Waals surface area contributed by atoms with Gasteiger partial charge in [-0.05, 0) is 42.7 Å². The van der Waals surface area contributed by atoms with Gasteiger partial charge in [0.1, 0.15) is 5.82 Å². The van der Waals surface area contributed by atoms with Crippen molar-refractivity contribution in [1.82, 2.24) is 4.98 Å². The molecule has 0 saturated heterocycles. The number of anilines is 1. The summed E-state index contributed by atoms with van der Waals surface area (Å²) < 4.78 is 22.4. The van der Waals surface area contributed by atoms with Gasteiger partial charge in [-0.3, -0.25) is 9.13 Å². The van der Waals surface area contributed by atoms with Crippen molar-refractivity contribution >= 4 is 33.6 Å². The minimum atomic E-state index is -5.03. The second kappa shape index (κ2) is 7.74. The Morgan fingerprint density at radius 3 is 2.33 bits per heavy atom. The van der Waals surface area contributed by atoms with E-state index in [9.17, 15) is 9.13 Å². The molecule has 0 fully saturated rings. The maximum atomic E-state index is 11.2. The maximum absolute atomic E-state index is 11.2. The fraction of sp³-hybridized carbons (Fsp3) is 0.500. The molecule has 8 nitrogen and oxygen atoms in total. The molecule has 0 aromatic carbocycles. The summed E-state index contributed by atoms with van der Waals surface area (Å²) in [5, 5.41) is 2.14. The van der Waals surface area contributed by atoms with Crippen LogP contribution >= 0.6 is 27.8 Å². The molecule has 0 aliphatic carbocycles. The Hall–Kier alpha value is -0.400. The van der Waals surface area contributed by atoms with Crippen molar-refractivity contribution < 1.29 is 28.7 Å². The van der Waals surface area contributed by atoms with Crippen molar-refractivity contribution in [2.45, 2.75) is 24.8 Å². The molecule has 1 rings (SSSR count). The van der Waals surface area contributed by atoms with E-state index in [-0.39, 0.29) is 5.82 Å². The van der Waals surface area contributed by atoms with Gasteiger partial charge >= 0.3 is 15.2 Å². The van der Waals surface area contributed by atoms with Crippen molar-refractivity contribution in [3.8, 4) is 0 Å². The summed E-state index contributed by atoms with van der Waals surface area (Å²) >= 11 is 4.10. The smallest absolute Gasteiger partial charge is 0.346 e. The molecular formula is C10H18N2O6P2S. The zero-order valence-corrected chi connectivity index (χ0v) is 13.7. The topological polar surface area (TPSA) is 140 Å². The number of hydrogen-bond acceptors (Lipinski definition) is 5. The molecule has 0 unspecified atom stereocenters. The van der Waals surface area contributed by atoms with Gasteiger partial charge in [-0.2, -0.15) is 12.6 Å². The zero-order chi connectivity index (χ0) is 16.1. The lowest BCUT2D eigenvalue weighted by molar-refractivity contribution is 0.343. The molecule has 5 N–H and O–H groups in total. The first-order valence-corrected chi connectivity index (χ1v) is 10.1. The van der Waals surface area contributed by atoms with E-state index < -0.39 is 20.7 Å². The average molecular weight is 356 g/mol. The number of nitrogens with one attached hydrogen (secondary N) is 1. The molecule has 11 heteroatoms. The molecule has 0 saturated carbocycles. The molecule has 21 heavy (non-hydrogen) atoms. The van der Waals surface area contributed by atoms with Crippen LogP contribution in [0.15, 0.2) is 18.3 Å². The fourth-order valence-electron chi connectivity index (χ4n) is 1.65. The summed E-state index contributed by atoms with van der Waals surface area (Å²) in [6.45, 7) is 0. The predicted octanol–water partition coefficient (Wildman–Crippen LogP) is 1.38. The van der Waals surface area contributed by atoms with E-state index in [1.54, 1.807) is 6.07 Å². The Bertz CT molecular complexity index is 538. The lowest BCUT2D eigenvalue weighted by Crippen LogP contribution is -2.20. The van der Waals surface area contributed by atoms with E-state index in [2.05, 4.69) is 22.9 Å². The molecular weight excluding hydrogens is 338 g/mol. The first kappa shape index (κ1) is 18.6. The minimum absolute atomic E-state index is 0.00928. The lowest BCUT2D eigenvalue weighted by Gasteiger charge is -2.21. The summed E-state index contributed by atoms with van der Waals surface area (Å²) in [7, 11) is -10.1. The SMILES string of the molecule is O=P(O)(O)C(Nc1cc(CCCCS)ccn1)P(=O)(O)O. The standard InChI is InChI=1S/C10H18N2O6P2S/c13-19(14,15)10(20(16,17)18)12-9-7-8(4-5-11-9)3-1-2-6-21/h4-5,7,10,21H,1-3,6H2,(H,11,12)(H2,13,14,15)(H2,16,17,18). The number of aromatic nitrogens is 1. The van der Waals surface area contributed by atoms with Gasteiger partial charge in [0.05, 0.1) is 0 Å². The van der Waals surface area contributed by atoms with Crippen molar-refractivity contribution in [1.29, 1.82) is 0 Å². The third-order valence-electron chi connectivity index (χ3n) is 2.61. The molecule has 0 spiro atoms. The molecule has 0 amide bonds. The van der Waals surface area contributed by atoms with Gasteiger partial charge in [0.25, 0.3) is 0 Å². The monoisotopic (exact) mass is 356 g/mol. The molecule has 0 aliphatic heterocycles. The first-order valence-electron chi connectivity index (χ1n) is 6.07. The van der Waals surface area contributed by atoms with Crippen LogP contribution in [-0.4, -0.2) is 35.8 Å². The normalized spacial score (nSPS) is 12.7. The van der Waals surface area contributed by atoms with Crippen molar-refractivity contribution in [3.63, 3.8) is 0 Å². The van der Waals surface area contributed by atoms with Gasteiger partial charge in [0.2, 0.25) is 5.52 Å². The molecule has 1 heterocycles. The third-order valence-corrected chi connectivity index (χ3v) is 6.27. The average Bonchev–Trinajstić information content (AvgIpc) is 2.34. The number of aryl methyl sites for hydroxylation is 1. The minimum Gasteiger partial charge on any atom is -0.346 e. The highest BCUT2D eigenvalue weighted by Crippen LogP contribution is 2.59.